The summed E-state index contributed by atoms with van der Waals surface area (Å²) in [5.74, 6) is 0. The molecule has 0 aliphatic heterocycles. The Balaban J connectivity index is 2.50. The molecule has 0 atom stereocenters. The van der Waals surface area contributed by atoms with Gasteiger partial charge in [0.25, 0.3) is 0 Å². The van der Waals surface area contributed by atoms with Crippen molar-refractivity contribution in [2.75, 3.05) is 0 Å². The smallest absolute Gasteiger partial charge is 0.0804 e. The van der Waals surface area contributed by atoms with Crippen LogP contribution in [-0.2, 0) is 6.42 Å². The van der Waals surface area contributed by atoms with E-state index in [2.05, 4.69) is 32.1 Å². The number of fused-ring (bicyclic) bond motifs is 1. The molecule has 1 heteroatoms. The van der Waals surface area contributed by atoms with Crippen LogP contribution in [0.2, 0.25) is 0 Å². The van der Waals surface area contributed by atoms with Gasteiger partial charge in [0.15, 0.2) is 0 Å². The Morgan fingerprint density at radius 1 is 1.12 bits per heavy atom. The molecular weight excluding hydrogens is 196 g/mol. The van der Waals surface area contributed by atoms with Crippen molar-refractivity contribution in [1.82, 2.24) is 0 Å². The van der Waals surface area contributed by atoms with E-state index in [1.165, 1.54) is 22.3 Å². The zero-order valence-electron chi connectivity index (χ0n) is 10.6. The minimum absolute atomic E-state index is 0.684. The molecule has 86 valence electrons. The third-order valence-electron chi connectivity index (χ3n) is 3.67. The molecule has 0 fully saturated rings. The first-order valence-corrected chi connectivity index (χ1v) is 5.92. The SMILES string of the molecule is Cc1ccc2c(c1C)CCC(C(C)(C)O)=C2. The number of hydrogen-bond donors (Lipinski definition) is 1. The highest BCUT2D eigenvalue weighted by atomic mass is 16.3. The van der Waals surface area contributed by atoms with Crippen molar-refractivity contribution in [3.8, 4) is 0 Å². The van der Waals surface area contributed by atoms with Crippen LogP contribution in [0.4, 0.5) is 0 Å². The molecule has 1 aliphatic rings. The molecular formula is C15H20O. The first-order valence-electron chi connectivity index (χ1n) is 5.92. The summed E-state index contributed by atoms with van der Waals surface area (Å²) < 4.78 is 0. The molecule has 0 unspecified atom stereocenters. The molecule has 0 amide bonds. The quantitative estimate of drug-likeness (QED) is 0.762. The van der Waals surface area contributed by atoms with E-state index in [9.17, 15) is 5.11 Å². The molecule has 1 nitrogen and oxygen atoms in total. The Hall–Kier alpha value is -1.08. The van der Waals surface area contributed by atoms with E-state index in [0.29, 0.717) is 0 Å². The molecule has 0 heterocycles. The van der Waals surface area contributed by atoms with Gasteiger partial charge < -0.3 is 5.11 Å². The molecule has 0 radical (unpaired) electrons. The second-order valence-electron chi connectivity index (χ2n) is 5.30. The van der Waals surface area contributed by atoms with Gasteiger partial charge in [-0.1, -0.05) is 18.2 Å². The molecule has 0 saturated carbocycles. The normalized spacial score (nSPS) is 15.7. The molecule has 0 saturated heterocycles. The van der Waals surface area contributed by atoms with Crippen LogP contribution in [0.5, 0.6) is 0 Å². The third-order valence-corrected chi connectivity index (χ3v) is 3.67. The zero-order valence-corrected chi connectivity index (χ0v) is 10.6. The van der Waals surface area contributed by atoms with Crippen LogP contribution in [0.1, 0.15) is 42.5 Å². The number of benzene rings is 1. The minimum atomic E-state index is -0.684. The molecule has 1 aliphatic carbocycles. The van der Waals surface area contributed by atoms with E-state index in [4.69, 9.17) is 0 Å². The van der Waals surface area contributed by atoms with Crippen LogP contribution in [0, 0.1) is 13.8 Å². The van der Waals surface area contributed by atoms with Crippen molar-refractivity contribution < 1.29 is 5.11 Å². The summed E-state index contributed by atoms with van der Waals surface area (Å²) in [6.45, 7) is 8.08. The molecule has 2 rings (SSSR count). The van der Waals surface area contributed by atoms with Crippen molar-refractivity contribution in [2.24, 2.45) is 0 Å². The van der Waals surface area contributed by atoms with Crippen LogP contribution >= 0.6 is 0 Å². The maximum atomic E-state index is 10.0. The van der Waals surface area contributed by atoms with Gasteiger partial charge in [-0.2, -0.15) is 0 Å². The first kappa shape index (κ1) is 11.4. The summed E-state index contributed by atoms with van der Waals surface area (Å²) in [6, 6.07) is 4.33. The fourth-order valence-corrected chi connectivity index (χ4v) is 2.36. The second-order valence-corrected chi connectivity index (χ2v) is 5.30. The number of hydrogen-bond acceptors (Lipinski definition) is 1. The average molecular weight is 216 g/mol. The molecule has 1 N–H and O–H groups in total. The lowest BCUT2D eigenvalue weighted by molar-refractivity contribution is 0.117. The molecule has 1 aromatic carbocycles. The molecule has 1 aromatic rings. The Kier molecular flexibility index (Phi) is 2.67. The standard InChI is InChI=1S/C15H20O/c1-10-5-6-12-9-13(15(3,4)16)7-8-14(12)11(10)2/h5-6,9,16H,7-8H2,1-4H3. The molecule has 0 aromatic heterocycles. The lowest BCUT2D eigenvalue weighted by atomic mass is 9.82. The molecule has 0 bridgehead atoms. The number of rotatable bonds is 1. The highest BCUT2D eigenvalue weighted by Crippen LogP contribution is 2.32. The van der Waals surface area contributed by atoms with Gasteiger partial charge in [-0.05, 0) is 68.4 Å². The topological polar surface area (TPSA) is 20.2 Å². The van der Waals surface area contributed by atoms with E-state index < -0.39 is 5.60 Å². The predicted octanol–water partition coefficient (Wildman–Crippen LogP) is 3.40. The van der Waals surface area contributed by atoms with Gasteiger partial charge in [0.05, 0.1) is 5.60 Å². The van der Waals surface area contributed by atoms with E-state index in [-0.39, 0.29) is 0 Å². The van der Waals surface area contributed by atoms with Crippen molar-refractivity contribution >= 4 is 6.08 Å². The van der Waals surface area contributed by atoms with Gasteiger partial charge in [0.2, 0.25) is 0 Å². The van der Waals surface area contributed by atoms with E-state index in [1.807, 2.05) is 13.8 Å². The zero-order chi connectivity index (χ0) is 11.9. The Morgan fingerprint density at radius 3 is 2.44 bits per heavy atom. The second kappa shape index (κ2) is 3.74. The van der Waals surface area contributed by atoms with Crippen LogP contribution in [-0.4, -0.2) is 10.7 Å². The number of aryl methyl sites for hydroxylation is 1. The fraction of sp³-hybridized carbons (Fsp3) is 0.467. The van der Waals surface area contributed by atoms with Crippen LogP contribution in [0.25, 0.3) is 6.08 Å². The van der Waals surface area contributed by atoms with Crippen molar-refractivity contribution in [1.29, 1.82) is 0 Å². The summed E-state index contributed by atoms with van der Waals surface area (Å²) in [4.78, 5) is 0. The Morgan fingerprint density at radius 2 is 1.81 bits per heavy atom. The summed E-state index contributed by atoms with van der Waals surface area (Å²) in [6.07, 6.45) is 4.19. The lowest BCUT2D eigenvalue weighted by Crippen LogP contribution is -2.24. The van der Waals surface area contributed by atoms with Gasteiger partial charge >= 0.3 is 0 Å². The summed E-state index contributed by atoms with van der Waals surface area (Å²) >= 11 is 0. The lowest BCUT2D eigenvalue weighted by Gasteiger charge is -2.27. The monoisotopic (exact) mass is 216 g/mol. The van der Waals surface area contributed by atoms with Crippen LogP contribution < -0.4 is 0 Å². The van der Waals surface area contributed by atoms with Gasteiger partial charge in [-0.3, -0.25) is 0 Å². The minimum Gasteiger partial charge on any atom is -0.386 e. The summed E-state index contributed by atoms with van der Waals surface area (Å²) in [7, 11) is 0. The van der Waals surface area contributed by atoms with Crippen molar-refractivity contribution in [3.63, 3.8) is 0 Å². The molecule has 16 heavy (non-hydrogen) atoms. The largest absolute Gasteiger partial charge is 0.386 e. The first-order chi connectivity index (χ1) is 7.39. The van der Waals surface area contributed by atoms with E-state index in [1.54, 1.807) is 0 Å². The summed E-state index contributed by atoms with van der Waals surface area (Å²) in [5, 5.41) is 10.0. The summed E-state index contributed by atoms with van der Waals surface area (Å²) in [5.41, 5.74) is 5.96. The maximum absolute atomic E-state index is 10.0. The fourth-order valence-electron chi connectivity index (χ4n) is 2.36. The van der Waals surface area contributed by atoms with Crippen LogP contribution in [0.3, 0.4) is 0 Å². The van der Waals surface area contributed by atoms with E-state index in [0.717, 1.165) is 18.4 Å². The third kappa shape index (κ3) is 1.92. The van der Waals surface area contributed by atoms with E-state index >= 15 is 0 Å². The van der Waals surface area contributed by atoms with Crippen molar-refractivity contribution in [3.05, 3.63) is 40.0 Å². The van der Waals surface area contributed by atoms with Gasteiger partial charge in [-0.25, -0.2) is 0 Å². The van der Waals surface area contributed by atoms with Gasteiger partial charge in [0.1, 0.15) is 0 Å². The van der Waals surface area contributed by atoms with Crippen molar-refractivity contribution in [2.45, 2.75) is 46.1 Å². The Bertz CT molecular complexity index is 447. The van der Waals surface area contributed by atoms with Gasteiger partial charge in [-0.15, -0.1) is 0 Å². The average Bonchev–Trinajstić information content (AvgIpc) is 2.22. The number of aliphatic hydroxyl groups is 1. The highest BCUT2D eigenvalue weighted by molar-refractivity contribution is 5.63. The van der Waals surface area contributed by atoms with Crippen LogP contribution in [0.15, 0.2) is 17.7 Å². The van der Waals surface area contributed by atoms with Gasteiger partial charge in [0, 0.05) is 0 Å². The maximum Gasteiger partial charge on any atom is 0.0804 e. The predicted molar refractivity (Wildman–Crippen MR) is 68.5 cm³/mol. The Labute approximate surface area is 97.8 Å². The highest BCUT2D eigenvalue weighted by Gasteiger charge is 2.23. The molecule has 0 spiro atoms.